The van der Waals surface area contributed by atoms with Crippen molar-refractivity contribution in [3.8, 4) is 5.75 Å². The molecule has 3 aromatic carbocycles. The number of ether oxygens (including phenoxy) is 2. The highest BCUT2D eigenvalue weighted by atomic mass is 35.5. The quantitative estimate of drug-likeness (QED) is 0.309. The van der Waals surface area contributed by atoms with Gasteiger partial charge in [-0.3, -0.25) is 9.69 Å². The number of hydrogen-bond donors (Lipinski definition) is 0. The van der Waals surface area contributed by atoms with Crippen molar-refractivity contribution in [2.24, 2.45) is 5.92 Å². The summed E-state index contributed by atoms with van der Waals surface area (Å²) in [6, 6.07) is 18.3. The van der Waals surface area contributed by atoms with Crippen LogP contribution in [0.3, 0.4) is 0 Å². The molecular formula is C28H25ClF3NO4. The van der Waals surface area contributed by atoms with Gasteiger partial charge >= 0.3 is 18.1 Å². The molecule has 0 amide bonds. The Morgan fingerprint density at radius 2 is 1.76 bits per heavy atom. The molecular weight excluding hydrogens is 507 g/mol. The van der Waals surface area contributed by atoms with Gasteiger partial charge in [0, 0.05) is 36.1 Å². The van der Waals surface area contributed by atoms with Crippen LogP contribution in [0.15, 0.2) is 54.6 Å². The van der Waals surface area contributed by atoms with Gasteiger partial charge in [0.15, 0.2) is 0 Å². The molecule has 37 heavy (non-hydrogen) atoms. The van der Waals surface area contributed by atoms with Crippen molar-refractivity contribution in [1.29, 1.82) is 0 Å². The van der Waals surface area contributed by atoms with Gasteiger partial charge in [0.25, 0.3) is 0 Å². The van der Waals surface area contributed by atoms with Crippen molar-refractivity contribution in [3.05, 3.63) is 76.3 Å². The van der Waals surface area contributed by atoms with Crippen molar-refractivity contribution in [1.82, 2.24) is 4.90 Å². The standard InChI is InChI=1S/C28H25ClF3NO4/c29-24-10-11-25(36-13-12-18-6-3-5-17-4-1-2-7-21(17)18)23-14-20(8-9-22(23)24)33-15-19(16-33)26(34)37-27(35)28(30,31)32/h1-7,10-11,19-20H,8-9,12-16H2. The number of nitrogens with zero attached hydrogens (tertiary/aromatic N) is 1. The number of carbonyl (C=O) groups is 2. The molecule has 1 saturated heterocycles. The Kier molecular flexibility index (Phi) is 7.14. The number of halogens is 4. The number of alkyl halides is 3. The van der Waals surface area contributed by atoms with E-state index in [1.54, 1.807) is 0 Å². The number of carbonyl (C=O) groups excluding carboxylic acids is 2. The fraction of sp³-hybridized carbons (Fsp3) is 0.357. The Hall–Kier alpha value is -3.10. The third kappa shape index (κ3) is 5.45. The second-order valence-electron chi connectivity index (χ2n) is 9.49. The van der Waals surface area contributed by atoms with E-state index in [1.807, 2.05) is 35.2 Å². The summed E-state index contributed by atoms with van der Waals surface area (Å²) in [5, 5.41) is 3.08. The fourth-order valence-corrected chi connectivity index (χ4v) is 5.48. The molecule has 0 radical (unpaired) electrons. The Morgan fingerprint density at radius 3 is 2.54 bits per heavy atom. The summed E-state index contributed by atoms with van der Waals surface area (Å²) in [4.78, 5) is 24.9. The highest BCUT2D eigenvalue weighted by Crippen LogP contribution is 2.38. The van der Waals surface area contributed by atoms with Gasteiger partial charge in [-0.05, 0) is 53.3 Å². The van der Waals surface area contributed by atoms with E-state index >= 15 is 0 Å². The maximum atomic E-state index is 12.4. The smallest absolute Gasteiger partial charge is 0.491 e. The minimum Gasteiger partial charge on any atom is -0.493 e. The van der Waals surface area contributed by atoms with Gasteiger partial charge in [-0.1, -0.05) is 54.1 Å². The number of fused-ring (bicyclic) bond motifs is 2. The van der Waals surface area contributed by atoms with E-state index in [9.17, 15) is 22.8 Å². The van der Waals surface area contributed by atoms with E-state index in [0.717, 1.165) is 36.1 Å². The molecule has 1 heterocycles. The topological polar surface area (TPSA) is 55.8 Å². The summed E-state index contributed by atoms with van der Waals surface area (Å²) in [5.74, 6) is -3.57. The molecule has 1 aliphatic heterocycles. The normalized spacial score (nSPS) is 18.2. The largest absolute Gasteiger partial charge is 0.493 e. The Bertz CT molecular complexity index is 1330. The first-order valence-electron chi connectivity index (χ1n) is 12.2. The first-order valence-corrected chi connectivity index (χ1v) is 12.5. The number of esters is 2. The monoisotopic (exact) mass is 531 g/mol. The lowest BCUT2D eigenvalue weighted by molar-refractivity contribution is -0.204. The highest BCUT2D eigenvalue weighted by Gasteiger charge is 2.46. The number of benzene rings is 3. The van der Waals surface area contributed by atoms with E-state index in [0.29, 0.717) is 18.1 Å². The van der Waals surface area contributed by atoms with Gasteiger partial charge < -0.3 is 9.47 Å². The molecule has 0 bridgehead atoms. The van der Waals surface area contributed by atoms with E-state index in [-0.39, 0.29) is 19.1 Å². The molecule has 1 atom stereocenters. The van der Waals surface area contributed by atoms with Crippen LogP contribution in [-0.4, -0.2) is 48.8 Å². The van der Waals surface area contributed by atoms with E-state index in [2.05, 4.69) is 29.0 Å². The summed E-state index contributed by atoms with van der Waals surface area (Å²) < 4.78 is 47.3. The minimum absolute atomic E-state index is 0.0914. The van der Waals surface area contributed by atoms with Crippen LogP contribution in [0.5, 0.6) is 5.75 Å². The van der Waals surface area contributed by atoms with Crippen LogP contribution >= 0.6 is 11.6 Å². The summed E-state index contributed by atoms with van der Waals surface area (Å²) in [5.41, 5.74) is 3.29. The summed E-state index contributed by atoms with van der Waals surface area (Å²) in [6.45, 7) is 1.00. The second kappa shape index (κ2) is 10.3. The first kappa shape index (κ1) is 25.5. The van der Waals surface area contributed by atoms with Crippen LogP contribution in [-0.2, 0) is 33.6 Å². The molecule has 1 aliphatic carbocycles. The predicted octanol–water partition coefficient (Wildman–Crippen LogP) is 5.54. The average Bonchev–Trinajstić information content (AvgIpc) is 2.84. The van der Waals surface area contributed by atoms with Gasteiger partial charge in [-0.25, -0.2) is 4.79 Å². The lowest BCUT2D eigenvalue weighted by atomic mass is 9.84. The molecule has 0 saturated carbocycles. The van der Waals surface area contributed by atoms with Crippen LogP contribution < -0.4 is 4.74 Å². The van der Waals surface area contributed by atoms with Gasteiger partial charge in [-0.15, -0.1) is 0 Å². The van der Waals surface area contributed by atoms with Crippen LogP contribution in [0.2, 0.25) is 5.02 Å². The van der Waals surface area contributed by atoms with E-state index in [1.165, 1.54) is 16.3 Å². The van der Waals surface area contributed by atoms with Gasteiger partial charge in [-0.2, -0.15) is 13.2 Å². The average molecular weight is 532 g/mol. The van der Waals surface area contributed by atoms with E-state index in [4.69, 9.17) is 16.3 Å². The highest BCUT2D eigenvalue weighted by molar-refractivity contribution is 6.31. The second-order valence-corrected chi connectivity index (χ2v) is 9.90. The lowest BCUT2D eigenvalue weighted by Gasteiger charge is -2.44. The molecule has 1 fully saturated rings. The minimum atomic E-state index is -5.19. The van der Waals surface area contributed by atoms with Gasteiger partial charge in [0.2, 0.25) is 0 Å². The fourth-order valence-electron chi connectivity index (χ4n) is 5.21. The van der Waals surface area contributed by atoms with Crippen molar-refractivity contribution in [2.75, 3.05) is 19.7 Å². The van der Waals surface area contributed by atoms with Crippen LogP contribution in [0, 0.1) is 5.92 Å². The van der Waals surface area contributed by atoms with Crippen LogP contribution in [0.25, 0.3) is 10.8 Å². The van der Waals surface area contributed by atoms with Crippen LogP contribution in [0.4, 0.5) is 13.2 Å². The third-order valence-electron chi connectivity index (χ3n) is 7.19. The van der Waals surface area contributed by atoms with Gasteiger partial charge in [0.05, 0.1) is 12.5 Å². The maximum absolute atomic E-state index is 12.4. The van der Waals surface area contributed by atoms with E-state index < -0.39 is 24.0 Å². The molecule has 5 nitrogen and oxygen atoms in total. The molecule has 0 spiro atoms. The lowest BCUT2D eigenvalue weighted by Crippen LogP contribution is -2.56. The molecule has 9 heteroatoms. The predicted molar refractivity (Wildman–Crippen MR) is 133 cm³/mol. The molecule has 1 unspecified atom stereocenters. The zero-order valence-electron chi connectivity index (χ0n) is 19.9. The Morgan fingerprint density at radius 1 is 1.00 bits per heavy atom. The number of rotatable bonds is 6. The molecule has 2 aliphatic rings. The molecule has 0 N–H and O–H groups in total. The third-order valence-corrected chi connectivity index (χ3v) is 7.55. The van der Waals surface area contributed by atoms with Gasteiger partial charge in [0.1, 0.15) is 5.75 Å². The molecule has 194 valence electrons. The number of hydrogen-bond acceptors (Lipinski definition) is 5. The van der Waals surface area contributed by atoms with Crippen molar-refractivity contribution >= 4 is 34.3 Å². The maximum Gasteiger partial charge on any atom is 0.491 e. The Labute approximate surface area is 217 Å². The summed E-state index contributed by atoms with van der Waals surface area (Å²) in [7, 11) is 0. The van der Waals surface area contributed by atoms with Crippen molar-refractivity contribution in [3.63, 3.8) is 0 Å². The zero-order chi connectivity index (χ0) is 26.2. The Balaban J connectivity index is 1.21. The summed E-state index contributed by atoms with van der Waals surface area (Å²) in [6.07, 6.45) is -2.25. The SMILES string of the molecule is O=C(OC(=O)C(F)(F)F)C1CN(C2CCc3c(Cl)ccc(OCCc4cccc5ccccc45)c3C2)C1. The first-order chi connectivity index (χ1) is 17.7. The summed E-state index contributed by atoms with van der Waals surface area (Å²) >= 11 is 6.48. The number of likely N-dealkylation sites (tertiary alicyclic amines) is 1. The van der Waals surface area contributed by atoms with Crippen LogP contribution in [0.1, 0.15) is 23.1 Å². The van der Waals surface area contributed by atoms with Crippen molar-refractivity contribution < 1.29 is 32.2 Å². The molecule has 5 rings (SSSR count). The van der Waals surface area contributed by atoms with Crippen molar-refractivity contribution in [2.45, 2.75) is 37.9 Å². The molecule has 0 aromatic heterocycles. The molecule has 3 aromatic rings. The zero-order valence-corrected chi connectivity index (χ0v) is 20.6.